The zero-order valence-electron chi connectivity index (χ0n) is 17.6. The fourth-order valence-corrected chi connectivity index (χ4v) is 6.76. The summed E-state index contributed by atoms with van der Waals surface area (Å²) in [6, 6.07) is 7.34. The maximum atomic E-state index is 13.0. The zero-order valence-corrected chi connectivity index (χ0v) is 18.5. The van der Waals surface area contributed by atoms with Crippen molar-refractivity contribution in [3.63, 3.8) is 0 Å². The average molecular weight is 440 g/mol. The number of nitrogens with one attached hydrogen (secondary N) is 2. The number of carbonyl (C=O) groups is 2. The van der Waals surface area contributed by atoms with Crippen LogP contribution in [0.15, 0.2) is 35.2 Å². The molecule has 4 bridgehead atoms. The molecule has 4 saturated carbocycles. The van der Waals surface area contributed by atoms with Crippen LogP contribution in [0.25, 0.3) is 0 Å². The van der Waals surface area contributed by atoms with Crippen molar-refractivity contribution in [1.82, 2.24) is 10.3 Å². The Morgan fingerprint density at radius 2 is 1.87 bits per heavy atom. The van der Waals surface area contributed by atoms with E-state index >= 15 is 0 Å². The molecule has 2 N–H and O–H groups in total. The average Bonchev–Trinajstić information content (AvgIpc) is 3.25. The zero-order chi connectivity index (χ0) is 21.3. The van der Waals surface area contributed by atoms with Gasteiger partial charge in [0.05, 0.1) is 11.2 Å². The molecule has 0 radical (unpaired) electrons. The van der Waals surface area contributed by atoms with Crippen LogP contribution in [0.1, 0.15) is 50.6 Å². The van der Waals surface area contributed by atoms with E-state index in [9.17, 15) is 9.59 Å². The Morgan fingerprint density at radius 1 is 1.13 bits per heavy atom. The number of hydrogen-bond donors (Lipinski definition) is 2. The number of rotatable bonds is 8. The molecule has 0 spiro atoms. The van der Waals surface area contributed by atoms with E-state index in [2.05, 4.69) is 15.6 Å². The van der Waals surface area contributed by atoms with E-state index in [-0.39, 0.29) is 23.7 Å². The lowest BCUT2D eigenvalue weighted by Gasteiger charge is -2.55. The highest BCUT2D eigenvalue weighted by molar-refractivity contribution is 7.07. The molecule has 4 aliphatic rings. The van der Waals surface area contributed by atoms with Crippen molar-refractivity contribution in [2.24, 2.45) is 23.2 Å². The molecule has 0 unspecified atom stereocenters. The fraction of sp³-hybridized carbons (Fsp3) is 0.542. The van der Waals surface area contributed by atoms with Crippen LogP contribution >= 0.6 is 11.3 Å². The van der Waals surface area contributed by atoms with Crippen LogP contribution in [0.3, 0.4) is 0 Å². The molecule has 0 saturated heterocycles. The van der Waals surface area contributed by atoms with E-state index < -0.39 is 0 Å². The van der Waals surface area contributed by atoms with E-state index in [1.54, 1.807) is 11.6 Å². The topological polar surface area (TPSA) is 80.3 Å². The van der Waals surface area contributed by atoms with E-state index in [1.807, 2.05) is 23.6 Å². The predicted octanol–water partition coefficient (Wildman–Crippen LogP) is 4.38. The van der Waals surface area contributed by atoms with Crippen LogP contribution in [0, 0.1) is 23.2 Å². The largest absolute Gasteiger partial charge is 0.487 e. The maximum absolute atomic E-state index is 13.0. The van der Waals surface area contributed by atoms with Crippen molar-refractivity contribution in [1.29, 1.82) is 0 Å². The second-order valence-electron chi connectivity index (χ2n) is 9.55. The minimum atomic E-state index is -0.159. The molecule has 0 atom stereocenters. The highest BCUT2D eigenvalue weighted by atomic mass is 32.1. The Bertz CT molecular complexity index is 908. The summed E-state index contributed by atoms with van der Waals surface area (Å²) in [6.07, 6.45) is 7.37. The Kier molecular flexibility index (Phi) is 5.69. The molecule has 1 heterocycles. The van der Waals surface area contributed by atoms with Gasteiger partial charge in [0.15, 0.2) is 0 Å². The van der Waals surface area contributed by atoms with Gasteiger partial charge in [-0.25, -0.2) is 4.98 Å². The number of hydrogen-bond acceptors (Lipinski definition) is 5. The molecule has 2 amide bonds. The van der Waals surface area contributed by atoms with Gasteiger partial charge in [-0.15, -0.1) is 11.3 Å². The summed E-state index contributed by atoms with van der Waals surface area (Å²) in [5.74, 6) is 2.97. The van der Waals surface area contributed by atoms with Crippen molar-refractivity contribution in [3.05, 3.63) is 40.8 Å². The van der Waals surface area contributed by atoms with Crippen LogP contribution in [0.2, 0.25) is 0 Å². The maximum Gasteiger partial charge on any atom is 0.226 e. The predicted molar refractivity (Wildman–Crippen MR) is 120 cm³/mol. The first-order chi connectivity index (χ1) is 15.1. The normalized spacial score (nSPS) is 28.3. The van der Waals surface area contributed by atoms with Crippen LogP contribution in [-0.2, 0) is 16.2 Å². The van der Waals surface area contributed by atoms with Crippen LogP contribution in [0.5, 0.6) is 5.75 Å². The molecule has 4 aliphatic carbocycles. The molecule has 1 aromatic carbocycles. The summed E-state index contributed by atoms with van der Waals surface area (Å²) in [6.45, 7) is 0.781. The SMILES string of the molecule is O=C(CCNC(=O)C12CC3CC(CC(C3)C1)C2)Nc1cccc(OCc2cscn2)c1. The highest BCUT2D eigenvalue weighted by Gasteiger charge is 2.54. The molecule has 7 heteroatoms. The third-order valence-electron chi connectivity index (χ3n) is 7.15. The van der Waals surface area contributed by atoms with Crippen molar-refractivity contribution in [3.8, 4) is 5.75 Å². The summed E-state index contributed by atoms with van der Waals surface area (Å²) < 4.78 is 5.74. The number of ether oxygens (including phenoxy) is 1. The molecule has 4 fully saturated rings. The second-order valence-corrected chi connectivity index (χ2v) is 10.3. The molecule has 6 nitrogen and oxygen atoms in total. The molecule has 0 aliphatic heterocycles. The van der Waals surface area contributed by atoms with Gasteiger partial charge in [0.1, 0.15) is 12.4 Å². The minimum absolute atomic E-state index is 0.109. The van der Waals surface area contributed by atoms with E-state index in [4.69, 9.17) is 4.74 Å². The van der Waals surface area contributed by atoms with Gasteiger partial charge in [-0.05, 0) is 68.4 Å². The van der Waals surface area contributed by atoms with Gasteiger partial charge in [-0.3, -0.25) is 9.59 Å². The highest BCUT2D eigenvalue weighted by Crippen LogP contribution is 2.60. The smallest absolute Gasteiger partial charge is 0.226 e. The Labute approximate surface area is 186 Å². The number of carbonyl (C=O) groups excluding carboxylic acids is 2. The third kappa shape index (κ3) is 4.61. The first-order valence-corrected chi connectivity index (χ1v) is 12.2. The third-order valence-corrected chi connectivity index (χ3v) is 7.78. The Hall–Kier alpha value is -2.41. The lowest BCUT2D eigenvalue weighted by atomic mass is 9.49. The van der Waals surface area contributed by atoms with Gasteiger partial charge >= 0.3 is 0 Å². The first kappa shape index (κ1) is 20.5. The number of anilines is 1. The van der Waals surface area contributed by atoms with Gasteiger partial charge in [0, 0.05) is 35.5 Å². The monoisotopic (exact) mass is 439 g/mol. The van der Waals surface area contributed by atoms with E-state index in [0.717, 1.165) is 42.7 Å². The van der Waals surface area contributed by atoms with Gasteiger partial charge in [-0.2, -0.15) is 0 Å². The van der Waals surface area contributed by atoms with Crippen LogP contribution < -0.4 is 15.4 Å². The summed E-state index contributed by atoms with van der Waals surface area (Å²) in [5.41, 5.74) is 3.19. The van der Waals surface area contributed by atoms with Gasteiger partial charge in [0.25, 0.3) is 0 Å². The summed E-state index contributed by atoms with van der Waals surface area (Å²) in [5, 5.41) is 7.92. The number of nitrogens with zero attached hydrogens (tertiary/aromatic N) is 1. The molecule has 164 valence electrons. The molecule has 2 aromatic rings. The van der Waals surface area contributed by atoms with Crippen LogP contribution in [-0.4, -0.2) is 23.3 Å². The number of amides is 2. The minimum Gasteiger partial charge on any atom is -0.487 e. The van der Waals surface area contributed by atoms with Gasteiger partial charge in [0.2, 0.25) is 11.8 Å². The van der Waals surface area contributed by atoms with Crippen molar-refractivity contribution < 1.29 is 14.3 Å². The fourth-order valence-electron chi connectivity index (χ4n) is 6.22. The Balaban J connectivity index is 1.08. The number of benzene rings is 1. The number of aromatic nitrogens is 1. The van der Waals surface area contributed by atoms with Crippen molar-refractivity contribution in [2.75, 3.05) is 11.9 Å². The summed E-state index contributed by atoms with van der Waals surface area (Å²) >= 11 is 1.53. The van der Waals surface area contributed by atoms with Gasteiger partial charge in [-0.1, -0.05) is 6.07 Å². The standard InChI is InChI=1S/C24H29N3O3S/c28-22(27-19-2-1-3-21(9-19)30-13-20-14-31-15-26-20)4-5-25-23(29)24-10-16-6-17(11-24)8-18(7-16)12-24/h1-3,9,14-18H,4-8,10-13H2,(H,25,29)(H,27,28). The van der Waals surface area contributed by atoms with E-state index in [0.29, 0.717) is 24.6 Å². The van der Waals surface area contributed by atoms with Crippen molar-refractivity contribution in [2.45, 2.75) is 51.6 Å². The molecule has 1 aromatic heterocycles. The molecular weight excluding hydrogens is 410 g/mol. The second kappa shape index (κ2) is 8.61. The summed E-state index contributed by atoms with van der Waals surface area (Å²) in [4.78, 5) is 29.6. The first-order valence-electron chi connectivity index (χ1n) is 11.3. The lowest BCUT2D eigenvalue weighted by Crippen LogP contribution is -2.53. The summed E-state index contributed by atoms with van der Waals surface area (Å²) in [7, 11) is 0. The molecular formula is C24H29N3O3S. The quantitative estimate of drug-likeness (QED) is 0.640. The van der Waals surface area contributed by atoms with Crippen molar-refractivity contribution >= 4 is 28.8 Å². The molecule has 31 heavy (non-hydrogen) atoms. The van der Waals surface area contributed by atoms with Gasteiger partial charge < -0.3 is 15.4 Å². The van der Waals surface area contributed by atoms with E-state index in [1.165, 1.54) is 30.6 Å². The Morgan fingerprint density at radius 3 is 2.55 bits per heavy atom. The number of thiazole rings is 1. The molecule has 6 rings (SSSR count). The lowest BCUT2D eigenvalue weighted by molar-refractivity contribution is -0.146. The van der Waals surface area contributed by atoms with Crippen LogP contribution in [0.4, 0.5) is 5.69 Å².